The molecule has 2 atom stereocenters. The molecule has 0 spiro atoms. The summed E-state index contributed by atoms with van der Waals surface area (Å²) >= 11 is 0. The van der Waals surface area contributed by atoms with E-state index in [1.807, 2.05) is 33.8 Å². The molecule has 4 nitrogen and oxygen atoms in total. The van der Waals surface area contributed by atoms with Crippen LogP contribution in [0.5, 0.6) is 0 Å². The number of aliphatic imine (C=N–C) groups is 2. The molecule has 0 heterocycles. The summed E-state index contributed by atoms with van der Waals surface area (Å²) in [5, 5.41) is 0. The van der Waals surface area contributed by atoms with Crippen LogP contribution in [0.15, 0.2) is 32.8 Å². The SMILES string of the molecule is CC1=CC(C)(N=C=O)C(C)=C(C)C1N=C=O. The average Bonchev–Trinajstić information content (AvgIpc) is 2.22. The number of hydrogen-bond acceptors (Lipinski definition) is 4. The van der Waals surface area contributed by atoms with E-state index in [9.17, 15) is 9.59 Å². The van der Waals surface area contributed by atoms with Crippen molar-refractivity contribution in [1.82, 2.24) is 0 Å². The third-order valence-corrected chi connectivity index (χ3v) is 3.16. The van der Waals surface area contributed by atoms with Gasteiger partial charge in [0.05, 0.1) is 0 Å². The highest BCUT2D eigenvalue weighted by Crippen LogP contribution is 2.35. The molecule has 1 aliphatic rings. The Bertz CT molecular complexity index is 463. The molecule has 0 bridgehead atoms. The Morgan fingerprint density at radius 1 is 1.25 bits per heavy atom. The van der Waals surface area contributed by atoms with E-state index in [4.69, 9.17) is 0 Å². The average molecular weight is 218 g/mol. The van der Waals surface area contributed by atoms with Crippen LogP contribution in [0.2, 0.25) is 0 Å². The van der Waals surface area contributed by atoms with Crippen LogP contribution in [0.3, 0.4) is 0 Å². The third kappa shape index (κ3) is 1.94. The van der Waals surface area contributed by atoms with Crippen LogP contribution in [-0.4, -0.2) is 23.7 Å². The predicted octanol–water partition coefficient (Wildman–Crippen LogP) is 2.08. The molecule has 4 heteroatoms. The number of hydrogen-bond donors (Lipinski definition) is 0. The van der Waals surface area contributed by atoms with Gasteiger partial charge in [-0.25, -0.2) is 9.59 Å². The molecule has 16 heavy (non-hydrogen) atoms. The van der Waals surface area contributed by atoms with Gasteiger partial charge in [0.1, 0.15) is 11.6 Å². The molecule has 1 rings (SSSR count). The van der Waals surface area contributed by atoms with Gasteiger partial charge in [-0.1, -0.05) is 6.08 Å². The summed E-state index contributed by atoms with van der Waals surface area (Å²) < 4.78 is 0. The Labute approximate surface area is 94.5 Å². The Morgan fingerprint density at radius 3 is 2.38 bits per heavy atom. The highest BCUT2D eigenvalue weighted by Gasteiger charge is 2.32. The quantitative estimate of drug-likeness (QED) is 0.404. The predicted molar refractivity (Wildman–Crippen MR) is 60.6 cm³/mol. The molecule has 0 saturated heterocycles. The second-order valence-corrected chi connectivity index (χ2v) is 4.17. The van der Waals surface area contributed by atoms with Crippen LogP contribution < -0.4 is 0 Å². The van der Waals surface area contributed by atoms with Gasteiger partial charge >= 0.3 is 0 Å². The zero-order valence-corrected chi connectivity index (χ0v) is 9.87. The lowest BCUT2D eigenvalue weighted by Gasteiger charge is -2.31. The van der Waals surface area contributed by atoms with Gasteiger partial charge in [-0.3, -0.25) is 0 Å². The van der Waals surface area contributed by atoms with E-state index in [-0.39, 0.29) is 6.04 Å². The lowest BCUT2D eigenvalue weighted by atomic mass is 9.79. The zero-order valence-electron chi connectivity index (χ0n) is 9.87. The maximum Gasteiger partial charge on any atom is 0.236 e. The van der Waals surface area contributed by atoms with Crippen molar-refractivity contribution in [3.05, 3.63) is 22.8 Å². The molecular formula is C12H14N2O2. The Balaban J connectivity index is 3.36. The molecule has 0 saturated carbocycles. The first-order valence-corrected chi connectivity index (χ1v) is 4.99. The van der Waals surface area contributed by atoms with Crippen molar-refractivity contribution >= 4 is 12.2 Å². The van der Waals surface area contributed by atoms with Crippen LogP contribution >= 0.6 is 0 Å². The van der Waals surface area contributed by atoms with E-state index in [1.54, 1.807) is 12.2 Å². The maximum atomic E-state index is 10.4. The minimum atomic E-state index is -0.662. The largest absolute Gasteiger partial charge is 0.236 e. The molecule has 0 fully saturated rings. The second kappa shape index (κ2) is 4.40. The monoisotopic (exact) mass is 218 g/mol. The Morgan fingerprint density at radius 2 is 1.88 bits per heavy atom. The van der Waals surface area contributed by atoms with Crippen molar-refractivity contribution in [2.45, 2.75) is 39.3 Å². The van der Waals surface area contributed by atoms with E-state index >= 15 is 0 Å². The summed E-state index contributed by atoms with van der Waals surface area (Å²) in [5.74, 6) is 0. The topological polar surface area (TPSA) is 58.9 Å². The van der Waals surface area contributed by atoms with Crippen molar-refractivity contribution < 1.29 is 9.59 Å². The van der Waals surface area contributed by atoms with Gasteiger partial charge in [-0.05, 0) is 44.4 Å². The number of carbonyl (C=O) groups excluding carboxylic acids is 2. The maximum absolute atomic E-state index is 10.4. The van der Waals surface area contributed by atoms with E-state index in [2.05, 4.69) is 9.98 Å². The first-order valence-electron chi connectivity index (χ1n) is 4.99. The van der Waals surface area contributed by atoms with Gasteiger partial charge in [0.15, 0.2) is 0 Å². The van der Waals surface area contributed by atoms with E-state index in [0.717, 1.165) is 16.7 Å². The highest BCUT2D eigenvalue weighted by atomic mass is 16.1. The fraction of sp³-hybridized carbons (Fsp3) is 0.500. The van der Waals surface area contributed by atoms with Gasteiger partial charge in [-0.15, -0.1) is 0 Å². The first kappa shape index (κ1) is 12.3. The molecule has 2 unspecified atom stereocenters. The molecule has 0 radical (unpaired) electrons. The van der Waals surface area contributed by atoms with Crippen molar-refractivity contribution in [2.75, 3.05) is 0 Å². The lowest BCUT2D eigenvalue weighted by Crippen LogP contribution is -2.30. The van der Waals surface area contributed by atoms with Gasteiger partial charge < -0.3 is 0 Å². The minimum absolute atomic E-state index is 0.271. The highest BCUT2D eigenvalue weighted by molar-refractivity contribution is 5.49. The standard InChI is InChI=1S/C12H14N2O2/c1-8-5-12(4,14-7-16)10(3)9(2)11(8)13-6-15/h5,11H,1-4H3. The lowest BCUT2D eigenvalue weighted by molar-refractivity contribution is 0.547. The molecule has 1 aliphatic carbocycles. The molecule has 0 amide bonds. The van der Waals surface area contributed by atoms with E-state index in [0.29, 0.717) is 0 Å². The summed E-state index contributed by atoms with van der Waals surface area (Å²) in [6.45, 7) is 7.46. The van der Waals surface area contributed by atoms with Crippen molar-refractivity contribution in [3.63, 3.8) is 0 Å². The molecule has 0 aromatic rings. The van der Waals surface area contributed by atoms with Crippen LogP contribution in [0.4, 0.5) is 0 Å². The summed E-state index contributed by atoms with van der Waals surface area (Å²) in [6, 6.07) is -0.271. The van der Waals surface area contributed by atoms with Crippen molar-refractivity contribution in [3.8, 4) is 0 Å². The van der Waals surface area contributed by atoms with Crippen molar-refractivity contribution in [2.24, 2.45) is 9.98 Å². The van der Waals surface area contributed by atoms with E-state index < -0.39 is 5.54 Å². The van der Waals surface area contributed by atoms with Crippen LogP contribution in [-0.2, 0) is 9.59 Å². The van der Waals surface area contributed by atoms with Gasteiger partial charge in [0, 0.05) is 0 Å². The fourth-order valence-corrected chi connectivity index (χ4v) is 2.04. The van der Waals surface area contributed by atoms with Crippen molar-refractivity contribution in [1.29, 1.82) is 0 Å². The summed E-state index contributed by atoms with van der Waals surface area (Å²) in [4.78, 5) is 28.3. The first-order chi connectivity index (χ1) is 7.46. The minimum Gasteiger partial charge on any atom is -0.211 e. The Kier molecular flexibility index (Phi) is 3.38. The zero-order chi connectivity index (χ0) is 12.3. The smallest absolute Gasteiger partial charge is 0.211 e. The van der Waals surface area contributed by atoms with E-state index in [1.165, 1.54) is 0 Å². The molecule has 0 N–H and O–H groups in total. The summed E-state index contributed by atoms with van der Waals surface area (Å²) in [6.07, 6.45) is 4.99. The van der Waals surface area contributed by atoms with Gasteiger partial charge in [-0.2, -0.15) is 9.98 Å². The number of rotatable bonds is 2. The molecule has 0 aromatic heterocycles. The third-order valence-electron chi connectivity index (χ3n) is 3.16. The normalized spacial score (nSPS) is 29.0. The summed E-state index contributed by atoms with van der Waals surface area (Å²) in [7, 11) is 0. The van der Waals surface area contributed by atoms with Crippen LogP contribution in [0.25, 0.3) is 0 Å². The number of isocyanates is 2. The molecule has 0 aliphatic heterocycles. The Hall–Kier alpha value is -1.76. The van der Waals surface area contributed by atoms with Gasteiger partial charge in [0.2, 0.25) is 12.2 Å². The van der Waals surface area contributed by atoms with Crippen LogP contribution in [0, 0.1) is 0 Å². The molecule has 0 aromatic carbocycles. The molecular weight excluding hydrogens is 204 g/mol. The van der Waals surface area contributed by atoms with Crippen LogP contribution in [0.1, 0.15) is 27.7 Å². The molecule has 84 valence electrons. The fourth-order valence-electron chi connectivity index (χ4n) is 2.04. The van der Waals surface area contributed by atoms with Gasteiger partial charge in [0.25, 0.3) is 0 Å². The number of nitrogens with zero attached hydrogens (tertiary/aromatic N) is 2. The second-order valence-electron chi connectivity index (χ2n) is 4.17. The summed E-state index contributed by atoms with van der Waals surface area (Å²) in [5.41, 5.74) is 2.09.